The van der Waals surface area contributed by atoms with Crippen LogP contribution in [0.3, 0.4) is 0 Å². The number of nitrogens with one attached hydrogen (secondary N) is 2. The molecule has 1 unspecified atom stereocenters. The van der Waals surface area contributed by atoms with Crippen LogP contribution < -0.4 is 5.32 Å². The number of amides is 1. The van der Waals surface area contributed by atoms with E-state index in [2.05, 4.69) is 35.0 Å². The summed E-state index contributed by atoms with van der Waals surface area (Å²) >= 11 is 0. The average molecular weight is 314 g/mol. The number of carbonyl (C=O) groups excluding carboxylic acids is 2. The summed E-state index contributed by atoms with van der Waals surface area (Å²) in [5.74, 6) is -0.515. The van der Waals surface area contributed by atoms with Gasteiger partial charge < -0.3 is 15.0 Å². The van der Waals surface area contributed by atoms with E-state index in [1.165, 1.54) is 13.2 Å². The van der Waals surface area contributed by atoms with Gasteiger partial charge in [-0.25, -0.2) is 4.79 Å². The number of esters is 1. The number of rotatable bonds is 5. The van der Waals surface area contributed by atoms with Gasteiger partial charge in [-0.2, -0.15) is 0 Å². The Bertz CT molecular complexity index is 704. The molecule has 1 atom stereocenters. The highest BCUT2D eigenvalue weighted by Gasteiger charge is 2.20. The van der Waals surface area contributed by atoms with Gasteiger partial charge in [-0.1, -0.05) is 43.7 Å². The number of carbonyl (C=O) groups is 2. The molecule has 0 spiro atoms. The molecule has 1 amide bonds. The number of hydrogen-bond donors (Lipinski definition) is 2. The Hall–Kier alpha value is -2.56. The van der Waals surface area contributed by atoms with Crippen molar-refractivity contribution in [2.45, 2.75) is 26.8 Å². The van der Waals surface area contributed by atoms with E-state index < -0.39 is 5.97 Å². The smallest absolute Gasteiger partial charge is 0.354 e. The molecule has 1 aromatic carbocycles. The zero-order chi connectivity index (χ0) is 17.0. The second-order valence-corrected chi connectivity index (χ2v) is 5.89. The second kappa shape index (κ2) is 7.13. The fourth-order valence-electron chi connectivity index (χ4n) is 2.47. The molecule has 0 aliphatic carbocycles. The van der Waals surface area contributed by atoms with Crippen LogP contribution in [0.5, 0.6) is 0 Å². The molecule has 0 bridgehead atoms. The normalized spacial score (nSPS) is 12.0. The number of aryl methyl sites for hydroxylation is 1. The van der Waals surface area contributed by atoms with Gasteiger partial charge in [-0.3, -0.25) is 4.79 Å². The molecule has 122 valence electrons. The summed E-state index contributed by atoms with van der Waals surface area (Å²) in [4.78, 5) is 26.7. The monoisotopic (exact) mass is 314 g/mol. The van der Waals surface area contributed by atoms with Crippen molar-refractivity contribution in [2.24, 2.45) is 5.92 Å². The second-order valence-electron chi connectivity index (χ2n) is 5.89. The van der Waals surface area contributed by atoms with E-state index in [1.807, 2.05) is 25.1 Å². The number of H-pyrrole nitrogens is 1. The summed E-state index contributed by atoms with van der Waals surface area (Å²) in [7, 11) is 1.30. The van der Waals surface area contributed by atoms with Gasteiger partial charge in [0.2, 0.25) is 0 Å². The van der Waals surface area contributed by atoms with Crippen molar-refractivity contribution < 1.29 is 14.3 Å². The highest BCUT2D eigenvalue weighted by atomic mass is 16.5. The minimum absolute atomic E-state index is 0.104. The maximum absolute atomic E-state index is 12.4. The highest BCUT2D eigenvalue weighted by Crippen LogP contribution is 2.23. The summed E-state index contributed by atoms with van der Waals surface area (Å²) in [5.41, 5.74) is 2.81. The van der Waals surface area contributed by atoms with Gasteiger partial charge in [0.15, 0.2) is 0 Å². The Labute approximate surface area is 136 Å². The minimum atomic E-state index is -0.497. The van der Waals surface area contributed by atoms with Crippen LogP contribution in [0.1, 0.15) is 52.0 Å². The molecule has 1 aromatic heterocycles. The summed E-state index contributed by atoms with van der Waals surface area (Å²) in [6.45, 7) is 6.14. The summed E-state index contributed by atoms with van der Waals surface area (Å²) in [6, 6.07) is 11.1. The standard InChI is InChI=1S/C18H22N2O3/c1-11(2)16(13-7-5-6-12(3)10-13)20-17(21)14-8-9-15(19-14)18(22)23-4/h5-11,16,19H,1-4H3,(H,20,21). The molecule has 2 rings (SSSR count). The van der Waals surface area contributed by atoms with Gasteiger partial charge in [0.1, 0.15) is 11.4 Å². The van der Waals surface area contributed by atoms with Crippen LogP contribution in [-0.2, 0) is 4.74 Å². The van der Waals surface area contributed by atoms with Crippen LogP contribution in [-0.4, -0.2) is 24.0 Å². The molecule has 0 aliphatic heterocycles. The summed E-state index contributed by atoms with van der Waals surface area (Å²) in [6.07, 6.45) is 0. The Kier molecular flexibility index (Phi) is 5.21. The van der Waals surface area contributed by atoms with E-state index in [4.69, 9.17) is 0 Å². The van der Waals surface area contributed by atoms with Crippen LogP contribution in [0.4, 0.5) is 0 Å². The number of benzene rings is 1. The van der Waals surface area contributed by atoms with Gasteiger partial charge in [0.05, 0.1) is 13.2 Å². The lowest BCUT2D eigenvalue weighted by Gasteiger charge is -2.23. The van der Waals surface area contributed by atoms with E-state index in [1.54, 1.807) is 6.07 Å². The molecular weight excluding hydrogens is 292 g/mol. The molecule has 23 heavy (non-hydrogen) atoms. The van der Waals surface area contributed by atoms with Gasteiger partial charge in [0.25, 0.3) is 5.91 Å². The molecule has 0 fully saturated rings. The van der Waals surface area contributed by atoms with E-state index >= 15 is 0 Å². The molecule has 2 N–H and O–H groups in total. The number of aromatic amines is 1. The van der Waals surface area contributed by atoms with E-state index in [9.17, 15) is 9.59 Å². The van der Waals surface area contributed by atoms with Crippen molar-refractivity contribution in [3.05, 3.63) is 58.9 Å². The quantitative estimate of drug-likeness (QED) is 0.832. The molecule has 0 aliphatic rings. The first-order valence-corrected chi connectivity index (χ1v) is 7.57. The first-order valence-electron chi connectivity index (χ1n) is 7.57. The molecule has 5 heteroatoms. The molecular formula is C18H22N2O3. The zero-order valence-corrected chi connectivity index (χ0v) is 13.8. The largest absolute Gasteiger partial charge is 0.464 e. The first-order chi connectivity index (χ1) is 10.9. The number of ether oxygens (including phenoxy) is 1. The van der Waals surface area contributed by atoms with Crippen LogP contribution >= 0.6 is 0 Å². The maximum Gasteiger partial charge on any atom is 0.354 e. The minimum Gasteiger partial charge on any atom is -0.464 e. The molecule has 2 aromatic rings. The third-order valence-corrected chi connectivity index (χ3v) is 3.69. The SMILES string of the molecule is COC(=O)c1ccc(C(=O)NC(c2cccc(C)c2)C(C)C)[nH]1. The molecule has 0 saturated carbocycles. The molecule has 0 saturated heterocycles. The van der Waals surface area contributed by atoms with Crippen LogP contribution in [0.2, 0.25) is 0 Å². The fraction of sp³-hybridized carbons (Fsp3) is 0.333. The summed E-state index contributed by atoms with van der Waals surface area (Å²) in [5, 5.41) is 3.02. The van der Waals surface area contributed by atoms with Gasteiger partial charge in [-0.15, -0.1) is 0 Å². The number of hydrogen-bond acceptors (Lipinski definition) is 3. The lowest BCUT2D eigenvalue weighted by Crippen LogP contribution is -2.32. The van der Waals surface area contributed by atoms with Gasteiger partial charge in [-0.05, 0) is 30.5 Å². The van der Waals surface area contributed by atoms with Crippen molar-refractivity contribution in [1.82, 2.24) is 10.3 Å². The van der Waals surface area contributed by atoms with Crippen LogP contribution in [0, 0.1) is 12.8 Å². The lowest BCUT2D eigenvalue weighted by atomic mass is 9.95. The van der Waals surface area contributed by atoms with Crippen molar-refractivity contribution in [3.8, 4) is 0 Å². The number of methoxy groups -OCH3 is 1. The molecule has 1 heterocycles. The van der Waals surface area contributed by atoms with Gasteiger partial charge >= 0.3 is 5.97 Å². The molecule has 5 nitrogen and oxygen atoms in total. The van der Waals surface area contributed by atoms with Crippen molar-refractivity contribution in [2.75, 3.05) is 7.11 Å². The fourth-order valence-corrected chi connectivity index (χ4v) is 2.47. The van der Waals surface area contributed by atoms with Crippen LogP contribution in [0.15, 0.2) is 36.4 Å². The maximum atomic E-state index is 12.4. The molecule has 0 radical (unpaired) electrons. The third kappa shape index (κ3) is 4.00. The van der Waals surface area contributed by atoms with Crippen molar-refractivity contribution in [3.63, 3.8) is 0 Å². The third-order valence-electron chi connectivity index (χ3n) is 3.69. The van der Waals surface area contributed by atoms with E-state index in [0.717, 1.165) is 11.1 Å². The Morgan fingerprint density at radius 3 is 2.43 bits per heavy atom. The van der Waals surface area contributed by atoms with Gasteiger partial charge in [0, 0.05) is 0 Å². The first kappa shape index (κ1) is 16.8. The Balaban J connectivity index is 2.18. The van der Waals surface area contributed by atoms with E-state index in [-0.39, 0.29) is 23.6 Å². The zero-order valence-electron chi connectivity index (χ0n) is 13.8. The Morgan fingerprint density at radius 1 is 1.13 bits per heavy atom. The topological polar surface area (TPSA) is 71.2 Å². The number of aromatic nitrogens is 1. The van der Waals surface area contributed by atoms with E-state index in [0.29, 0.717) is 5.69 Å². The summed E-state index contributed by atoms with van der Waals surface area (Å²) < 4.78 is 4.63. The van der Waals surface area contributed by atoms with Crippen LogP contribution in [0.25, 0.3) is 0 Å². The predicted octanol–water partition coefficient (Wildman–Crippen LogP) is 3.24. The predicted molar refractivity (Wildman–Crippen MR) is 88.4 cm³/mol. The Morgan fingerprint density at radius 2 is 1.83 bits per heavy atom. The lowest BCUT2D eigenvalue weighted by molar-refractivity contribution is 0.0595. The average Bonchev–Trinajstić information content (AvgIpc) is 3.01. The highest BCUT2D eigenvalue weighted by molar-refractivity contribution is 5.95. The van der Waals surface area contributed by atoms with Crippen molar-refractivity contribution in [1.29, 1.82) is 0 Å². The van der Waals surface area contributed by atoms with Crippen molar-refractivity contribution >= 4 is 11.9 Å².